The molecule has 0 unspecified atom stereocenters. The molecule has 2 heterocycles. The number of aromatic nitrogens is 1. The van der Waals surface area contributed by atoms with Gasteiger partial charge >= 0.3 is 6.18 Å². The molecule has 3 aromatic rings. The lowest BCUT2D eigenvalue weighted by Crippen LogP contribution is -2.48. The molecule has 1 amide bonds. The molecule has 1 aromatic heterocycles. The van der Waals surface area contributed by atoms with Gasteiger partial charge in [-0.15, -0.1) is 0 Å². The third-order valence-electron chi connectivity index (χ3n) is 5.92. The van der Waals surface area contributed by atoms with E-state index >= 15 is 0 Å². The van der Waals surface area contributed by atoms with Crippen molar-refractivity contribution in [3.05, 3.63) is 88.7 Å². The van der Waals surface area contributed by atoms with Crippen LogP contribution < -0.4 is 9.64 Å². The number of anilines is 1. The molecule has 178 valence electrons. The predicted molar refractivity (Wildman–Crippen MR) is 124 cm³/mol. The quantitative estimate of drug-likeness (QED) is 0.512. The van der Waals surface area contributed by atoms with Crippen LogP contribution in [0.2, 0.25) is 0 Å². The van der Waals surface area contributed by atoms with Crippen LogP contribution in [0.4, 0.5) is 18.9 Å². The van der Waals surface area contributed by atoms with Gasteiger partial charge in [-0.25, -0.2) is 0 Å². The summed E-state index contributed by atoms with van der Waals surface area (Å²) in [4.78, 5) is 20.8. The maximum atomic E-state index is 13.1. The Hall–Kier alpha value is -3.55. The number of nitrogens with zero attached hydrogens (tertiary/aromatic N) is 3. The van der Waals surface area contributed by atoms with Gasteiger partial charge in [0.05, 0.1) is 5.56 Å². The minimum atomic E-state index is -4.38. The summed E-state index contributed by atoms with van der Waals surface area (Å²) in [5, 5.41) is 0. The predicted octanol–water partition coefficient (Wildman–Crippen LogP) is 5.26. The van der Waals surface area contributed by atoms with Crippen molar-refractivity contribution >= 4 is 11.6 Å². The van der Waals surface area contributed by atoms with Crippen molar-refractivity contribution in [2.75, 3.05) is 31.1 Å². The third-order valence-corrected chi connectivity index (χ3v) is 5.92. The number of hydrogen-bond donors (Lipinski definition) is 0. The van der Waals surface area contributed by atoms with Crippen LogP contribution in [-0.4, -0.2) is 42.0 Å². The molecule has 1 aliphatic heterocycles. The molecule has 8 heteroatoms. The zero-order chi connectivity index (χ0) is 24.3. The summed E-state index contributed by atoms with van der Waals surface area (Å²) in [6.45, 7) is 6.02. The van der Waals surface area contributed by atoms with Gasteiger partial charge in [-0.3, -0.25) is 9.78 Å². The van der Waals surface area contributed by atoms with Gasteiger partial charge in [-0.2, -0.15) is 13.2 Å². The molecule has 1 fully saturated rings. The number of hydrogen-bond acceptors (Lipinski definition) is 4. The minimum Gasteiger partial charge on any atom is -0.488 e. The number of carbonyl (C=O) groups is 1. The van der Waals surface area contributed by atoms with Crippen LogP contribution in [0.25, 0.3) is 0 Å². The van der Waals surface area contributed by atoms with Crippen LogP contribution in [0.1, 0.15) is 32.6 Å². The Morgan fingerprint density at radius 2 is 1.71 bits per heavy atom. The normalized spacial score (nSPS) is 14.3. The Morgan fingerprint density at radius 1 is 1.00 bits per heavy atom. The summed E-state index contributed by atoms with van der Waals surface area (Å²) in [5.74, 6) is 0.656. The highest BCUT2D eigenvalue weighted by Gasteiger charge is 2.31. The van der Waals surface area contributed by atoms with Crippen molar-refractivity contribution in [1.29, 1.82) is 0 Å². The second-order valence-electron chi connectivity index (χ2n) is 8.42. The minimum absolute atomic E-state index is 0.0892. The SMILES string of the molecule is Cc1cc(C(=O)N2CCN(c3cccc(C(F)(F)F)c3)CC2)cc(C)c1OCc1cccnc1. The first-order valence-electron chi connectivity index (χ1n) is 11.1. The number of ether oxygens (including phenoxy) is 1. The number of piperazine rings is 1. The number of alkyl halides is 3. The fourth-order valence-electron chi connectivity index (χ4n) is 4.17. The maximum Gasteiger partial charge on any atom is 0.416 e. The average Bonchev–Trinajstić information content (AvgIpc) is 2.83. The van der Waals surface area contributed by atoms with E-state index in [4.69, 9.17) is 4.74 Å². The Morgan fingerprint density at radius 3 is 2.32 bits per heavy atom. The Bertz CT molecular complexity index is 1130. The molecule has 0 atom stereocenters. The molecule has 1 saturated heterocycles. The number of amides is 1. The zero-order valence-electron chi connectivity index (χ0n) is 19.1. The molecule has 0 saturated carbocycles. The smallest absolute Gasteiger partial charge is 0.416 e. The maximum absolute atomic E-state index is 13.1. The Balaban J connectivity index is 1.40. The van der Waals surface area contributed by atoms with Gasteiger partial charge in [0.2, 0.25) is 0 Å². The van der Waals surface area contributed by atoms with Crippen LogP contribution >= 0.6 is 0 Å². The number of halogens is 3. The summed E-state index contributed by atoms with van der Waals surface area (Å²) in [7, 11) is 0. The topological polar surface area (TPSA) is 45.7 Å². The molecule has 1 aliphatic rings. The van der Waals surface area contributed by atoms with Crippen molar-refractivity contribution in [3.63, 3.8) is 0 Å². The monoisotopic (exact) mass is 469 g/mol. The number of carbonyl (C=O) groups excluding carboxylic acids is 1. The number of pyridine rings is 1. The van der Waals surface area contributed by atoms with Gasteiger partial charge in [-0.05, 0) is 61.4 Å². The lowest BCUT2D eigenvalue weighted by Gasteiger charge is -2.36. The molecular formula is C26H26F3N3O2. The van der Waals surface area contributed by atoms with E-state index in [1.807, 2.05) is 43.0 Å². The van der Waals surface area contributed by atoms with Gasteiger partial charge < -0.3 is 14.5 Å². The molecule has 2 aromatic carbocycles. The van der Waals surface area contributed by atoms with Crippen molar-refractivity contribution in [1.82, 2.24) is 9.88 Å². The van der Waals surface area contributed by atoms with E-state index in [1.165, 1.54) is 6.07 Å². The Labute approximate surface area is 196 Å². The lowest BCUT2D eigenvalue weighted by molar-refractivity contribution is -0.137. The second kappa shape index (κ2) is 9.75. The second-order valence-corrected chi connectivity index (χ2v) is 8.42. The van der Waals surface area contributed by atoms with Crippen molar-refractivity contribution in [2.24, 2.45) is 0 Å². The van der Waals surface area contributed by atoms with Crippen LogP contribution in [0, 0.1) is 13.8 Å². The summed E-state index contributed by atoms with van der Waals surface area (Å²) in [6.07, 6.45) is -0.918. The zero-order valence-corrected chi connectivity index (χ0v) is 19.1. The first kappa shape index (κ1) is 23.6. The largest absolute Gasteiger partial charge is 0.488 e. The van der Waals surface area contributed by atoms with Gasteiger partial charge in [0, 0.05) is 55.4 Å². The first-order chi connectivity index (χ1) is 16.2. The molecule has 0 radical (unpaired) electrons. The standard InChI is InChI=1S/C26H26F3N3O2/c1-18-13-21(14-19(2)24(18)34-17-20-5-4-8-30-16-20)25(33)32-11-9-31(10-12-32)23-7-3-6-22(15-23)26(27,28)29/h3-8,13-16H,9-12,17H2,1-2H3. The van der Waals surface area contributed by atoms with Crippen molar-refractivity contribution in [2.45, 2.75) is 26.6 Å². The number of aryl methyl sites for hydroxylation is 2. The van der Waals surface area contributed by atoms with Gasteiger partial charge in [0.15, 0.2) is 0 Å². The average molecular weight is 470 g/mol. The third kappa shape index (κ3) is 5.32. The van der Waals surface area contributed by atoms with E-state index in [0.29, 0.717) is 44.0 Å². The van der Waals surface area contributed by atoms with E-state index in [9.17, 15) is 18.0 Å². The van der Waals surface area contributed by atoms with E-state index in [1.54, 1.807) is 23.4 Å². The lowest BCUT2D eigenvalue weighted by atomic mass is 10.0. The van der Waals surface area contributed by atoms with Gasteiger partial charge in [0.25, 0.3) is 5.91 Å². The summed E-state index contributed by atoms with van der Waals surface area (Å²) < 4.78 is 45.1. The fraction of sp³-hybridized carbons (Fsp3) is 0.308. The van der Waals surface area contributed by atoms with Crippen LogP contribution in [0.5, 0.6) is 5.75 Å². The van der Waals surface area contributed by atoms with Crippen molar-refractivity contribution in [3.8, 4) is 5.75 Å². The molecule has 0 N–H and O–H groups in total. The van der Waals surface area contributed by atoms with E-state index in [0.717, 1.165) is 34.6 Å². The molecule has 4 rings (SSSR count). The molecule has 34 heavy (non-hydrogen) atoms. The van der Waals surface area contributed by atoms with E-state index < -0.39 is 11.7 Å². The molecule has 5 nitrogen and oxygen atoms in total. The van der Waals surface area contributed by atoms with E-state index in [2.05, 4.69) is 4.98 Å². The summed E-state index contributed by atoms with van der Waals surface area (Å²) in [6, 6.07) is 12.8. The first-order valence-corrected chi connectivity index (χ1v) is 11.1. The van der Waals surface area contributed by atoms with Crippen molar-refractivity contribution < 1.29 is 22.7 Å². The molecular weight excluding hydrogens is 443 g/mol. The van der Waals surface area contributed by atoms with E-state index in [-0.39, 0.29) is 5.91 Å². The van der Waals surface area contributed by atoms with Gasteiger partial charge in [0.1, 0.15) is 12.4 Å². The highest BCUT2D eigenvalue weighted by molar-refractivity contribution is 5.95. The molecule has 0 bridgehead atoms. The highest BCUT2D eigenvalue weighted by atomic mass is 19.4. The number of rotatable bonds is 5. The summed E-state index contributed by atoms with van der Waals surface area (Å²) >= 11 is 0. The number of benzene rings is 2. The summed E-state index contributed by atoms with van der Waals surface area (Å²) in [5.41, 5.74) is 3.13. The Kier molecular flexibility index (Phi) is 6.77. The fourth-order valence-corrected chi connectivity index (χ4v) is 4.17. The molecule has 0 aliphatic carbocycles. The van der Waals surface area contributed by atoms with Gasteiger partial charge in [-0.1, -0.05) is 12.1 Å². The van der Waals surface area contributed by atoms with Crippen LogP contribution in [0.15, 0.2) is 60.9 Å². The molecule has 0 spiro atoms. The van der Waals surface area contributed by atoms with Crippen LogP contribution in [-0.2, 0) is 12.8 Å². The van der Waals surface area contributed by atoms with Crippen LogP contribution in [0.3, 0.4) is 0 Å². The highest BCUT2D eigenvalue weighted by Crippen LogP contribution is 2.32.